The summed E-state index contributed by atoms with van der Waals surface area (Å²) in [6.45, 7) is 4.13. The Kier molecular flexibility index (Phi) is 3.38. The van der Waals surface area contributed by atoms with Crippen LogP contribution in [-0.4, -0.2) is 5.78 Å². The molecule has 1 nitrogen and oxygen atoms in total. The minimum absolute atomic E-state index is 0.110. The monoisotopic (exact) mass is 224 g/mol. The molecule has 0 aliphatic heterocycles. The molecule has 0 fully saturated rings. The average Bonchev–Trinajstić information content (AvgIpc) is 2.39. The number of ketones is 1. The van der Waals surface area contributed by atoms with E-state index in [2.05, 4.69) is 13.0 Å². The van der Waals surface area contributed by atoms with Gasteiger partial charge >= 0.3 is 0 Å². The molecule has 0 aliphatic rings. The van der Waals surface area contributed by atoms with Gasteiger partial charge in [0.2, 0.25) is 0 Å². The van der Waals surface area contributed by atoms with E-state index in [0.29, 0.717) is 0 Å². The summed E-state index contributed by atoms with van der Waals surface area (Å²) in [6.07, 6.45) is 0.960. The molecule has 0 radical (unpaired) electrons. The van der Waals surface area contributed by atoms with Crippen LogP contribution < -0.4 is 0 Å². The Bertz CT molecular complexity index is 526. The number of hydrogen-bond acceptors (Lipinski definition) is 1. The lowest BCUT2D eigenvalue weighted by Crippen LogP contribution is -2.05. The van der Waals surface area contributed by atoms with Crippen LogP contribution in [0.3, 0.4) is 0 Å². The topological polar surface area (TPSA) is 17.1 Å². The van der Waals surface area contributed by atoms with E-state index in [1.54, 1.807) is 0 Å². The van der Waals surface area contributed by atoms with E-state index in [1.807, 2.05) is 49.4 Å². The van der Waals surface area contributed by atoms with Crippen molar-refractivity contribution in [2.45, 2.75) is 20.3 Å². The normalized spacial score (nSPS) is 10.2. The van der Waals surface area contributed by atoms with Gasteiger partial charge in [-0.2, -0.15) is 0 Å². The Morgan fingerprint density at radius 2 is 1.71 bits per heavy atom. The molecule has 17 heavy (non-hydrogen) atoms. The van der Waals surface area contributed by atoms with Gasteiger partial charge in [-0.1, -0.05) is 55.5 Å². The van der Waals surface area contributed by atoms with Crippen molar-refractivity contribution in [1.29, 1.82) is 0 Å². The highest BCUT2D eigenvalue weighted by Crippen LogP contribution is 2.18. The van der Waals surface area contributed by atoms with Crippen LogP contribution in [0.1, 0.15) is 34.0 Å². The van der Waals surface area contributed by atoms with Gasteiger partial charge in [0.1, 0.15) is 0 Å². The molecule has 0 amide bonds. The lowest BCUT2D eigenvalue weighted by Gasteiger charge is -2.09. The van der Waals surface area contributed by atoms with Crippen LogP contribution in [-0.2, 0) is 6.42 Å². The van der Waals surface area contributed by atoms with Crippen LogP contribution in [0.25, 0.3) is 0 Å². The molecule has 2 rings (SSSR count). The molecule has 0 heterocycles. The Labute approximate surface area is 102 Å². The van der Waals surface area contributed by atoms with Gasteiger partial charge in [-0.25, -0.2) is 0 Å². The molecule has 0 bridgehead atoms. The van der Waals surface area contributed by atoms with Crippen molar-refractivity contribution in [2.75, 3.05) is 0 Å². The quantitative estimate of drug-likeness (QED) is 0.725. The lowest BCUT2D eigenvalue weighted by molar-refractivity contribution is 0.103. The molecular weight excluding hydrogens is 208 g/mol. The molecule has 0 saturated heterocycles. The van der Waals surface area contributed by atoms with Crippen molar-refractivity contribution in [1.82, 2.24) is 0 Å². The Balaban J connectivity index is 2.45. The highest BCUT2D eigenvalue weighted by molar-refractivity contribution is 6.10. The number of carbonyl (C=O) groups is 1. The predicted octanol–water partition coefficient (Wildman–Crippen LogP) is 3.79. The van der Waals surface area contributed by atoms with Crippen molar-refractivity contribution in [3.63, 3.8) is 0 Å². The van der Waals surface area contributed by atoms with E-state index in [0.717, 1.165) is 23.1 Å². The van der Waals surface area contributed by atoms with E-state index < -0.39 is 0 Å². The molecule has 0 spiro atoms. The summed E-state index contributed by atoms with van der Waals surface area (Å²) in [5.41, 5.74) is 3.91. The number of rotatable bonds is 3. The molecule has 0 saturated carbocycles. The van der Waals surface area contributed by atoms with Gasteiger partial charge in [0.15, 0.2) is 5.78 Å². The third kappa shape index (κ3) is 2.28. The largest absolute Gasteiger partial charge is 0.289 e. The van der Waals surface area contributed by atoms with Gasteiger partial charge in [0, 0.05) is 11.1 Å². The molecule has 2 aromatic rings. The number of hydrogen-bond donors (Lipinski definition) is 0. The van der Waals surface area contributed by atoms with Crippen LogP contribution in [0.4, 0.5) is 0 Å². The maximum Gasteiger partial charge on any atom is 0.193 e. The van der Waals surface area contributed by atoms with E-state index in [9.17, 15) is 4.79 Å². The van der Waals surface area contributed by atoms with E-state index in [-0.39, 0.29) is 5.78 Å². The van der Waals surface area contributed by atoms with E-state index in [4.69, 9.17) is 0 Å². The van der Waals surface area contributed by atoms with Crippen LogP contribution in [0.5, 0.6) is 0 Å². The Morgan fingerprint density at radius 3 is 2.35 bits per heavy atom. The van der Waals surface area contributed by atoms with Gasteiger partial charge in [0.05, 0.1) is 0 Å². The fourth-order valence-corrected chi connectivity index (χ4v) is 2.06. The van der Waals surface area contributed by atoms with Gasteiger partial charge in [0.25, 0.3) is 0 Å². The standard InChI is InChI=1S/C16H16O/c1-3-13-10-7-11-15(12(13)2)16(17)14-8-5-4-6-9-14/h4-11H,3H2,1-2H3. The van der Waals surface area contributed by atoms with Gasteiger partial charge in [-0.15, -0.1) is 0 Å². The van der Waals surface area contributed by atoms with Crippen LogP contribution >= 0.6 is 0 Å². The zero-order valence-corrected chi connectivity index (χ0v) is 10.2. The van der Waals surface area contributed by atoms with Gasteiger partial charge in [-0.05, 0) is 24.5 Å². The van der Waals surface area contributed by atoms with Crippen LogP contribution in [0.2, 0.25) is 0 Å². The molecule has 0 aliphatic carbocycles. The highest BCUT2D eigenvalue weighted by atomic mass is 16.1. The molecule has 86 valence electrons. The second kappa shape index (κ2) is 4.96. The minimum atomic E-state index is 0.110. The lowest BCUT2D eigenvalue weighted by atomic mass is 9.95. The summed E-state index contributed by atoms with van der Waals surface area (Å²) < 4.78 is 0. The average molecular weight is 224 g/mol. The fourth-order valence-electron chi connectivity index (χ4n) is 2.06. The number of carbonyl (C=O) groups excluding carboxylic acids is 1. The SMILES string of the molecule is CCc1cccc(C(=O)c2ccccc2)c1C. The van der Waals surface area contributed by atoms with Crippen molar-refractivity contribution < 1.29 is 4.79 Å². The summed E-state index contributed by atoms with van der Waals surface area (Å²) in [7, 11) is 0. The third-order valence-electron chi connectivity index (χ3n) is 3.11. The first-order chi connectivity index (χ1) is 8.24. The van der Waals surface area contributed by atoms with Crippen LogP contribution in [0.15, 0.2) is 48.5 Å². The molecule has 0 N–H and O–H groups in total. The summed E-state index contributed by atoms with van der Waals surface area (Å²) in [6, 6.07) is 15.4. The van der Waals surface area contributed by atoms with E-state index in [1.165, 1.54) is 5.56 Å². The van der Waals surface area contributed by atoms with Gasteiger partial charge in [-0.3, -0.25) is 4.79 Å². The van der Waals surface area contributed by atoms with Crippen molar-refractivity contribution >= 4 is 5.78 Å². The second-order valence-electron chi connectivity index (χ2n) is 4.14. The minimum Gasteiger partial charge on any atom is -0.289 e. The summed E-state index contributed by atoms with van der Waals surface area (Å²) in [5.74, 6) is 0.110. The summed E-state index contributed by atoms with van der Waals surface area (Å²) >= 11 is 0. The molecule has 0 aromatic heterocycles. The Morgan fingerprint density at radius 1 is 1.00 bits per heavy atom. The fraction of sp³-hybridized carbons (Fsp3) is 0.188. The maximum atomic E-state index is 12.3. The second-order valence-corrected chi connectivity index (χ2v) is 4.14. The zero-order valence-electron chi connectivity index (χ0n) is 10.2. The van der Waals surface area contributed by atoms with Crippen molar-refractivity contribution in [2.24, 2.45) is 0 Å². The smallest absolute Gasteiger partial charge is 0.193 e. The van der Waals surface area contributed by atoms with E-state index >= 15 is 0 Å². The Hall–Kier alpha value is -1.89. The van der Waals surface area contributed by atoms with Crippen molar-refractivity contribution in [3.05, 3.63) is 70.8 Å². The summed E-state index contributed by atoms with van der Waals surface area (Å²) in [5, 5.41) is 0. The van der Waals surface area contributed by atoms with Crippen molar-refractivity contribution in [3.8, 4) is 0 Å². The first-order valence-corrected chi connectivity index (χ1v) is 5.92. The molecule has 0 unspecified atom stereocenters. The first kappa shape index (κ1) is 11.6. The predicted molar refractivity (Wildman–Crippen MR) is 70.4 cm³/mol. The molecular formula is C16H16O. The summed E-state index contributed by atoms with van der Waals surface area (Å²) in [4.78, 5) is 12.3. The maximum absolute atomic E-state index is 12.3. The molecule has 1 heteroatoms. The van der Waals surface area contributed by atoms with Crippen LogP contribution in [0, 0.1) is 6.92 Å². The molecule has 0 atom stereocenters. The highest BCUT2D eigenvalue weighted by Gasteiger charge is 2.12. The zero-order chi connectivity index (χ0) is 12.3. The molecule has 2 aromatic carbocycles. The van der Waals surface area contributed by atoms with Gasteiger partial charge < -0.3 is 0 Å². The third-order valence-corrected chi connectivity index (χ3v) is 3.11. The number of benzene rings is 2. The first-order valence-electron chi connectivity index (χ1n) is 5.92. The number of aryl methyl sites for hydroxylation is 1.